The lowest BCUT2D eigenvalue weighted by molar-refractivity contribution is -0.140. The molecular formula is C23H31FO3. The van der Waals surface area contributed by atoms with Crippen molar-refractivity contribution in [2.75, 3.05) is 6.61 Å². The summed E-state index contributed by atoms with van der Waals surface area (Å²) in [4.78, 5) is 23.9. The van der Waals surface area contributed by atoms with E-state index in [0.29, 0.717) is 36.2 Å². The number of carbonyl (C=O) groups is 2. The summed E-state index contributed by atoms with van der Waals surface area (Å²) < 4.78 is 19.8. The molecule has 0 aromatic rings. The van der Waals surface area contributed by atoms with E-state index in [9.17, 15) is 14.0 Å². The van der Waals surface area contributed by atoms with Gasteiger partial charge in [-0.3, -0.25) is 4.79 Å². The Balaban J connectivity index is 1.65. The largest absolute Gasteiger partial charge is 0.461 e. The van der Waals surface area contributed by atoms with Gasteiger partial charge >= 0.3 is 5.97 Å². The van der Waals surface area contributed by atoms with Gasteiger partial charge in [0.2, 0.25) is 5.83 Å². The molecule has 4 rings (SSSR count). The first-order valence-electron chi connectivity index (χ1n) is 10.6. The van der Waals surface area contributed by atoms with E-state index in [1.807, 2.05) is 6.08 Å². The van der Waals surface area contributed by atoms with Crippen molar-refractivity contribution in [1.82, 2.24) is 0 Å². The van der Waals surface area contributed by atoms with Gasteiger partial charge in [-0.05, 0) is 92.1 Å². The molecular weight excluding hydrogens is 343 g/mol. The number of hydrogen-bond donors (Lipinski definition) is 0. The van der Waals surface area contributed by atoms with Crippen molar-refractivity contribution < 1.29 is 18.7 Å². The minimum Gasteiger partial charge on any atom is -0.461 e. The lowest BCUT2D eigenvalue weighted by Gasteiger charge is -2.57. The number of hydrogen-bond acceptors (Lipinski definition) is 3. The van der Waals surface area contributed by atoms with Crippen LogP contribution in [0.3, 0.4) is 0 Å². The van der Waals surface area contributed by atoms with Gasteiger partial charge in [0.15, 0.2) is 5.78 Å². The van der Waals surface area contributed by atoms with Crippen LogP contribution in [0.4, 0.5) is 4.39 Å². The van der Waals surface area contributed by atoms with Gasteiger partial charge in [-0.15, -0.1) is 0 Å². The van der Waals surface area contributed by atoms with Crippen molar-refractivity contribution in [3.05, 3.63) is 23.0 Å². The number of halogens is 1. The van der Waals surface area contributed by atoms with Crippen LogP contribution < -0.4 is 0 Å². The van der Waals surface area contributed by atoms with Gasteiger partial charge in [-0.25, -0.2) is 4.79 Å². The van der Waals surface area contributed by atoms with Crippen molar-refractivity contribution in [2.45, 2.75) is 72.1 Å². The highest BCUT2D eigenvalue weighted by Gasteiger charge is 2.58. The molecule has 3 nitrogen and oxygen atoms in total. The van der Waals surface area contributed by atoms with E-state index in [-0.39, 0.29) is 23.2 Å². The third kappa shape index (κ3) is 2.74. The van der Waals surface area contributed by atoms with Crippen LogP contribution in [0, 0.1) is 28.6 Å². The molecule has 0 N–H and O–H groups in total. The molecule has 0 amide bonds. The van der Waals surface area contributed by atoms with Gasteiger partial charge in [0.25, 0.3) is 0 Å². The van der Waals surface area contributed by atoms with E-state index in [4.69, 9.17) is 4.74 Å². The molecule has 0 aromatic carbocycles. The summed E-state index contributed by atoms with van der Waals surface area (Å²) in [5, 5.41) is 0. The summed E-state index contributed by atoms with van der Waals surface area (Å²) in [6.45, 7) is 6.45. The molecule has 0 saturated heterocycles. The number of ether oxygens (including phenoxy) is 1. The van der Waals surface area contributed by atoms with E-state index in [1.165, 1.54) is 5.57 Å². The van der Waals surface area contributed by atoms with Gasteiger partial charge in [0, 0.05) is 6.42 Å². The molecule has 3 unspecified atom stereocenters. The average molecular weight is 374 g/mol. The van der Waals surface area contributed by atoms with Gasteiger partial charge in [-0.1, -0.05) is 19.4 Å². The SMILES string of the molecule is CCOC(=O)/C(F)=C1\CCC2C3CCC4=CC(=O)CC[C@]4(C)C3CC[C@]12C. The number of ketones is 1. The smallest absolute Gasteiger partial charge is 0.367 e. The molecule has 0 spiro atoms. The highest BCUT2D eigenvalue weighted by molar-refractivity contribution is 5.91. The zero-order chi connectivity index (χ0) is 19.4. The Morgan fingerprint density at radius 1 is 1.11 bits per heavy atom. The minimum absolute atomic E-state index is 0.129. The van der Waals surface area contributed by atoms with Crippen molar-refractivity contribution in [3.63, 3.8) is 0 Å². The fraction of sp³-hybridized carbons (Fsp3) is 0.739. The average Bonchev–Trinajstić information content (AvgIpc) is 2.99. The Hall–Kier alpha value is -1.45. The molecule has 148 valence electrons. The standard InChI is InChI=1S/C23H31FO3/c1-4-27-21(26)20(24)19-8-7-17-16-6-5-14-13-15(25)9-11-22(14,2)18(16)10-12-23(17,19)3/h13,16-18H,4-12H2,1-3H3/b20-19-/t16?,17?,18?,22-,23-/m0/s1. The summed E-state index contributed by atoms with van der Waals surface area (Å²) in [6, 6.07) is 0. The monoisotopic (exact) mass is 374 g/mol. The Morgan fingerprint density at radius 2 is 1.85 bits per heavy atom. The maximum absolute atomic E-state index is 14.9. The first kappa shape index (κ1) is 18.9. The van der Waals surface area contributed by atoms with E-state index >= 15 is 0 Å². The van der Waals surface area contributed by atoms with Gasteiger partial charge in [-0.2, -0.15) is 4.39 Å². The third-order valence-corrected chi connectivity index (χ3v) is 8.47. The molecule has 0 bridgehead atoms. The van der Waals surface area contributed by atoms with E-state index in [0.717, 1.165) is 38.5 Å². The second kappa shape index (κ2) is 6.56. The Bertz CT molecular complexity index is 736. The Kier molecular flexibility index (Phi) is 4.59. The zero-order valence-electron chi connectivity index (χ0n) is 16.8. The van der Waals surface area contributed by atoms with Gasteiger partial charge in [0.1, 0.15) is 0 Å². The molecule has 4 aliphatic rings. The lowest BCUT2D eigenvalue weighted by atomic mass is 9.47. The summed E-state index contributed by atoms with van der Waals surface area (Å²) in [5.74, 6) is 0.432. The van der Waals surface area contributed by atoms with Crippen LogP contribution in [0.2, 0.25) is 0 Å². The highest BCUT2D eigenvalue weighted by Crippen LogP contribution is 2.66. The predicted molar refractivity (Wildman–Crippen MR) is 101 cm³/mol. The number of allylic oxidation sites excluding steroid dienone is 2. The number of carbonyl (C=O) groups excluding carboxylic acids is 2. The van der Waals surface area contributed by atoms with Crippen molar-refractivity contribution in [2.24, 2.45) is 28.6 Å². The zero-order valence-corrected chi connectivity index (χ0v) is 16.8. The minimum atomic E-state index is -0.789. The van der Waals surface area contributed by atoms with Crippen LogP contribution in [0.5, 0.6) is 0 Å². The molecule has 0 radical (unpaired) electrons. The molecule has 3 saturated carbocycles. The topological polar surface area (TPSA) is 43.4 Å². The first-order valence-corrected chi connectivity index (χ1v) is 10.6. The van der Waals surface area contributed by atoms with E-state index < -0.39 is 11.8 Å². The number of rotatable bonds is 2. The summed E-state index contributed by atoms with van der Waals surface area (Å²) in [5.41, 5.74) is 1.97. The van der Waals surface area contributed by atoms with Crippen LogP contribution in [0.25, 0.3) is 0 Å². The Labute approximate surface area is 161 Å². The van der Waals surface area contributed by atoms with Crippen LogP contribution in [0.15, 0.2) is 23.0 Å². The number of fused-ring (bicyclic) bond motifs is 5. The summed E-state index contributed by atoms with van der Waals surface area (Å²) >= 11 is 0. The van der Waals surface area contributed by atoms with Crippen LogP contribution in [0.1, 0.15) is 72.1 Å². The summed E-state index contributed by atoms with van der Waals surface area (Å²) in [7, 11) is 0. The fourth-order valence-electron chi connectivity index (χ4n) is 7.05. The van der Waals surface area contributed by atoms with E-state index in [1.54, 1.807) is 6.92 Å². The third-order valence-electron chi connectivity index (χ3n) is 8.47. The molecule has 4 aliphatic carbocycles. The molecule has 3 fully saturated rings. The molecule has 0 heterocycles. The van der Waals surface area contributed by atoms with Crippen molar-refractivity contribution in [1.29, 1.82) is 0 Å². The maximum atomic E-state index is 14.9. The second-order valence-electron chi connectivity index (χ2n) is 9.48. The predicted octanol–water partition coefficient (Wildman–Crippen LogP) is 5.31. The van der Waals surface area contributed by atoms with Crippen LogP contribution in [-0.4, -0.2) is 18.4 Å². The Morgan fingerprint density at radius 3 is 2.59 bits per heavy atom. The molecule has 5 atom stereocenters. The van der Waals surface area contributed by atoms with Gasteiger partial charge in [0.05, 0.1) is 6.61 Å². The molecule has 0 aliphatic heterocycles. The number of esters is 1. The van der Waals surface area contributed by atoms with E-state index in [2.05, 4.69) is 13.8 Å². The quantitative estimate of drug-likeness (QED) is 0.486. The molecule has 4 heteroatoms. The first-order chi connectivity index (χ1) is 12.8. The fourth-order valence-corrected chi connectivity index (χ4v) is 7.05. The van der Waals surface area contributed by atoms with Gasteiger partial charge < -0.3 is 4.74 Å². The molecule has 0 aromatic heterocycles. The van der Waals surface area contributed by atoms with Crippen LogP contribution >= 0.6 is 0 Å². The maximum Gasteiger partial charge on any atom is 0.367 e. The lowest BCUT2D eigenvalue weighted by Crippen LogP contribution is -2.49. The van der Waals surface area contributed by atoms with Crippen molar-refractivity contribution >= 4 is 11.8 Å². The molecule has 27 heavy (non-hydrogen) atoms. The summed E-state index contributed by atoms with van der Waals surface area (Å²) in [6.07, 6.45) is 9.26. The second-order valence-corrected chi connectivity index (χ2v) is 9.48. The van der Waals surface area contributed by atoms with Crippen molar-refractivity contribution in [3.8, 4) is 0 Å². The highest BCUT2D eigenvalue weighted by atomic mass is 19.1. The normalized spacial score (nSPS) is 42.6. The van der Waals surface area contributed by atoms with Crippen LogP contribution in [-0.2, 0) is 14.3 Å².